The van der Waals surface area contributed by atoms with Crippen LogP contribution in [0, 0.1) is 5.92 Å². The molecule has 1 atom stereocenters. The second-order valence-electron chi connectivity index (χ2n) is 4.54. The quantitative estimate of drug-likeness (QED) is 0.777. The third-order valence-corrected chi connectivity index (χ3v) is 4.04. The zero-order valence-corrected chi connectivity index (χ0v) is 11.6. The van der Waals surface area contributed by atoms with Gasteiger partial charge in [0.25, 0.3) is 5.91 Å². The SMILES string of the molecule is O=C(NCC1CCOC1)c1ccc(SCCO)cc1. The van der Waals surface area contributed by atoms with Crippen molar-refractivity contribution in [1.82, 2.24) is 5.32 Å². The Bertz CT molecular complexity index is 402. The molecule has 19 heavy (non-hydrogen) atoms. The number of carbonyl (C=O) groups is 1. The van der Waals surface area contributed by atoms with Gasteiger partial charge >= 0.3 is 0 Å². The summed E-state index contributed by atoms with van der Waals surface area (Å²) in [4.78, 5) is 13.0. The number of benzene rings is 1. The Hall–Kier alpha value is -1.04. The number of aliphatic hydroxyl groups excluding tert-OH is 1. The summed E-state index contributed by atoms with van der Waals surface area (Å²) < 4.78 is 5.27. The third-order valence-electron chi connectivity index (χ3n) is 3.05. The molecule has 1 fully saturated rings. The molecule has 1 unspecified atom stereocenters. The Balaban J connectivity index is 1.81. The Morgan fingerprint density at radius 3 is 2.84 bits per heavy atom. The maximum Gasteiger partial charge on any atom is 0.251 e. The number of nitrogens with one attached hydrogen (secondary N) is 1. The molecule has 1 aromatic carbocycles. The van der Waals surface area contributed by atoms with Crippen LogP contribution in [-0.4, -0.2) is 43.1 Å². The number of thioether (sulfide) groups is 1. The van der Waals surface area contributed by atoms with Crippen LogP contribution in [0.2, 0.25) is 0 Å². The van der Waals surface area contributed by atoms with Crippen molar-refractivity contribution in [3.8, 4) is 0 Å². The highest BCUT2D eigenvalue weighted by atomic mass is 32.2. The first-order valence-corrected chi connectivity index (χ1v) is 7.48. The lowest BCUT2D eigenvalue weighted by molar-refractivity contribution is 0.0945. The highest BCUT2D eigenvalue weighted by molar-refractivity contribution is 7.99. The molecule has 0 radical (unpaired) electrons. The summed E-state index contributed by atoms with van der Waals surface area (Å²) in [6.07, 6.45) is 1.02. The molecule has 0 spiro atoms. The standard InChI is InChI=1S/C14H19NO3S/c16-6-8-19-13-3-1-12(2-4-13)14(17)15-9-11-5-7-18-10-11/h1-4,11,16H,5-10H2,(H,15,17). The fourth-order valence-electron chi connectivity index (χ4n) is 1.95. The van der Waals surface area contributed by atoms with Gasteiger partial charge in [0.05, 0.1) is 13.2 Å². The van der Waals surface area contributed by atoms with Crippen molar-refractivity contribution in [1.29, 1.82) is 0 Å². The van der Waals surface area contributed by atoms with Gasteiger partial charge in [-0.2, -0.15) is 0 Å². The predicted octanol–water partition coefficient (Wildman–Crippen LogP) is 1.54. The summed E-state index contributed by atoms with van der Waals surface area (Å²) in [6.45, 7) is 2.39. The topological polar surface area (TPSA) is 58.6 Å². The first-order chi connectivity index (χ1) is 9.29. The summed E-state index contributed by atoms with van der Waals surface area (Å²) >= 11 is 1.58. The number of hydrogen-bond acceptors (Lipinski definition) is 4. The Kier molecular flexibility index (Phi) is 5.69. The van der Waals surface area contributed by atoms with Gasteiger partial charge in [-0.3, -0.25) is 4.79 Å². The highest BCUT2D eigenvalue weighted by Crippen LogP contribution is 2.18. The molecule has 2 rings (SSSR count). The lowest BCUT2D eigenvalue weighted by Gasteiger charge is -2.09. The minimum atomic E-state index is -0.0365. The van der Waals surface area contributed by atoms with E-state index in [0.717, 1.165) is 24.5 Å². The fourth-order valence-corrected chi connectivity index (χ4v) is 2.60. The van der Waals surface area contributed by atoms with Crippen molar-refractivity contribution >= 4 is 17.7 Å². The van der Waals surface area contributed by atoms with E-state index < -0.39 is 0 Å². The maximum absolute atomic E-state index is 11.9. The van der Waals surface area contributed by atoms with Gasteiger partial charge in [0.1, 0.15) is 0 Å². The molecule has 1 aliphatic heterocycles. The van der Waals surface area contributed by atoms with E-state index in [1.165, 1.54) is 0 Å². The number of carbonyl (C=O) groups excluding carboxylic acids is 1. The van der Waals surface area contributed by atoms with E-state index in [1.807, 2.05) is 24.3 Å². The molecule has 4 nitrogen and oxygen atoms in total. The highest BCUT2D eigenvalue weighted by Gasteiger charge is 2.16. The molecular formula is C14H19NO3S. The van der Waals surface area contributed by atoms with Crippen LogP contribution in [0.15, 0.2) is 29.2 Å². The number of hydrogen-bond donors (Lipinski definition) is 2. The molecule has 0 bridgehead atoms. The van der Waals surface area contributed by atoms with Gasteiger partial charge in [-0.15, -0.1) is 11.8 Å². The molecule has 1 aliphatic rings. The van der Waals surface area contributed by atoms with Crippen LogP contribution in [0.25, 0.3) is 0 Å². The average molecular weight is 281 g/mol. The normalized spacial score (nSPS) is 18.5. The monoisotopic (exact) mass is 281 g/mol. The van der Waals surface area contributed by atoms with E-state index in [1.54, 1.807) is 11.8 Å². The Labute approximate surface area is 117 Å². The average Bonchev–Trinajstić information content (AvgIpc) is 2.96. The van der Waals surface area contributed by atoms with Crippen LogP contribution in [0.3, 0.4) is 0 Å². The molecular weight excluding hydrogens is 262 g/mol. The number of rotatable bonds is 6. The summed E-state index contributed by atoms with van der Waals surface area (Å²) in [7, 11) is 0. The van der Waals surface area contributed by atoms with Gasteiger partial charge in [0.15, 0.2) is 0 Å². The second kappa shape index (κ2) is 7.53. The fraction of sp³-hybridized carbons (Fsp3) is 0.500. The van der Waals surface area contributed by atoms with Gasteiger partial charge in [0.2, 0.25) is 0 Å². The zero-order chi connectivity index (χ0) is 13.5. The Morgan fingerprint density at radius 1 is 1.42 bits per heavy atom. The zero-order valence-electron chi connectivity index (χ0n) is 10.8. The molecule has 0 saturated carbocycles. The van der Waals surface area contributed by atoms with Crippen molar-refractivity contribution in [2.24, 2.45) is 5.92 Å². The van der Waals surface area contributed by atoms with E-state index in [-0.39, 0.29) is 12.5 Å². The number of amides is 1. The third kappa shape index (κ3) is 4.53. The largest absolute Gasteiger partial charge is 0.396 e. The van der Waals surface area contributed by atoms with Gasteiger partial charge < -0.3 is 15.2 Å². The van der Waals surface area contributed by atoms with E-state index >= 15 is 0 Å². The molecule has 0 aliphatic carbocycles. The van der Waals surface area contributed by atoms with Gasteiger partial charge in [0, 0.05) is 35.3 Å². The first-order valence-electron chi connectivity index (χ1n) is 6.49. The van der Waals surface area contributed by atoms with Crippen molar-refractivity contribution in [2.75, 3.05) is 32.1 Å². The molecule has 1 heterocycles. The van der Waals surface area contributed by atoms with Crippen molar-refractivity contribution in [3.63, 3.8) is 0 Å². The lowest BCUT2D eigenvalue weighted by Crippen LogP contribution is -2.29. The van der Waals surface area contributed by atoms with E-state index in [4.69, 9.17) is 9.84 Å². The van der Waals surface area contributed by atoms with Crippen LogP contribution in [-0.2, 0) is 4.74 Å². The first kappa shape index (κ1) is 14.4. The summed E-state index contributed by atoms with van der Waals surface area (Å²) in [5, 5.41) is 11.7. The van der Waals surface area contributed by atoms with E-state index in [9.17, 15) is 4.79 Å². The molecule has 1 aromatic rings. The maximum atomic E-state index is 11.9. The van der Waals surface area contributed by atoms with Crippen LogP contribution in [0.1, 0.15) is 16.8 Å². The number of aliphatic hydroxyl groups is 1. The molecule has 1 amide bonds. The minimum Gasteiger partial charge on any atom is -0.396 e. The summed E-state index contributed by atoms with van der Waals surface area (Å²) in [5.74, 6) is 1.08. The van der Waals surface area contributed by atoms with Crippen LogP contribution >= 0.6 is 11.8 Å². The van der Waals surface area contributed by atoms with Crippen LogP contribution in [0.4, 0.5) is 0 Å². The minimum absolute atomic E-state index is 0.0365. The molecule has 104 valence electrons. The van der Waals surface area contributed by atoms with E-state index in [2.05, 4.69) is 5.32 Å². The van der Waals surface area contributed by atoms with Crippen molar-refractivity contribution in [3.05, 3.63) is 29.8 Å². The predicted molar refractivity (Wildman–Crippen MR) is 75.5 cm³/mol. The van der Waals surface area contributed by atoms with Crippen molar-refractivity contribution in [2.45, 2.75) is 11.3 Å². The summed E-state index contributed by atoms with van der Waals surface area (Å²) in [6, 6.07) is 7.46. The van der Waals surface area contributed by atoms with E-state index in [0.29, 0.717) is 23.8 Å². The van der Waals surface area contributed by atoms with Gasteiger partial charge in [-0.05, 0) is 30.7 Å². The van der Waals surface area contributed by atoms with Crippen LogP contribution < -0.4 is 5.32 Å². The molecule has 5 heteroatoms. The van der Waals surface area contributed by atoms with Crippen molar-refractivity contribution < 1.29 is 14.6 Å². The lowest BCUT2D eigenvalue weighted by atomic mass is 10.1. The second-order valence-corrected chi connectivity index (χ2v) is 5.70. The number of ether oxygens (including phenoxy) is 1. The van der Waals surface area contributed by atoms with Crippen LogP contribution in [0.5, 0.6) is 0 Å². The summed E-state index contributed by atoms with van der Waals surface area (Å²) in [5.41, 5.74) is 0.673. The molecule has 0 aromatic heterocycles. The molecule has 2 N–H and O–H groups in total. The smallest absolute Gasteiger partial charge is 0.251 e. The van der Waals surface area contributed by atoms with Gasteiger partial charge in [-0.1, -0.05) is 0 Å². The van der Waals surface area contributed by atoms with Gasteiger partial charge in [-0.25, -0.2) is 0 Å². The molecule has 1 saturated heterocycles. The Morgan fingerprint density at radius 2 is 2.21 bits per heavy atom.